The Labute approximate surface area is 505 Å². The molecule has 0 amide bonds. The van der Waals surface area contributed by atoms with Crippen LogP contribution in [0.5, 0.6) is 0 Å². The normalized spacial score (nSPS) is 14.8. The highest BCUT2D eigenvalue weighted by Gasteiger charge is 2.30. The Hall–Kier alpha value is -1.94. The summed E-state index contributed by atoms with van der Waals surface area (Å²) in [6.45, 7) is 13.9. The average Bonchev–Trinajstić information content (AvgIpc) is 3.45. The van der Waals surface area contributed by atoms with E-state index in [9.17, 15) is 43.2 Å². The molecular weight excluding hydrogens is 1100 g/mol. The molecule has 0 rings (SSSR count). The van der Waals surface area contributed by atoms with E-state index in [1.54, 1.807) is 0 Å². The molecule has 0 aromatic carbocycles. The summed E-state index contributed by atoms with van der Waals surface area (Å²) < 4.78 is 67.9. The van der Waals surface area contributed by atoms with Crippen LogP contribution in [0.2, 0.25) is 0 Å². The molecule has 6 atom stereocenters. The van der Waals surface area contributed by atoms with Crippen molar-refractivity contribution >= 4 is 39.5 Å². The van der Waals surface area contributed by atoms with E-state index in [1.807, 2.05) is 0 Å². The van der Waals surface area contributed by atoms with E-state index in [-0.39, 0.29) is 25.7 Å². The summed E-state index contributed by atoms with van der Waals surface area (Å²) in [5, 5.41) is 10.5. The highest BCUT2D eigenvalue weighted by Crippen LogP contribution is 2.45. The smallest absolute Gasteiger partial charge is 0.462 e. The predicted molar refractivity (Wildman–Crippen MR) is 331 cm³/mol. The molecule has 0 saturated carbocycles. The maximum atomic E-state index is 13.0. The van der Waals surface area contributed by atoms with Crippen LogP contribution in [0.15, 0.2) is 0 Å². The van der Waals surface area contributed by atoms with Crippen molar-refractivity contribution in [2.45, 2.75) is 324 Å². The molecule has 0 fully saturated rings. The van der Waals surface area contributed by atoms with Gasteiger partial charge in [0, 0.05) is 25.7 Å². The standard InChI is InChI=1S/C64H124O17P2/c1-9-57(8)43-35-27-17-12-10-11-13-19-30-38-46-63(68)80-59(50-74-61(66)44-36-28-18-15-14-16-24-32-40-54(2)3)52-78-82(70,71)76-48-58(65)49-77-83(72,73)79-53-60(81-64(69)47-39-31-23-21-26-34-42-56(6)7)51-75-62(67)45-37-29-22-20-25-33-41-55(4)5/h54-60,65H,9-53H2,1-8H3,(H,70,71)(H,72,73)/t57?,58?,59-,60-/m1/s1. The first kappa shape index (κ1) is 81.1. The van der Waals surface area contributed by atoms with Crippen molar-refractivity contribution in [1.82, 2.24) is 0 Å². The van der Waals surface area contributed by atoms with Crippen molar-refractivity contribution in [3.05, 3.63) is 0 Å². The zero-order chi connectivity index (χ0) is 61.8. The van der Waals surface area contributed by atoms with Gasteiger partial charge in [-0.2, -0.15) is 0 Å². The fourth-order valence-corrected chi connectivity index (χ4v) is 11.0. The number of aliphatic hydroxyl groups is 1. The molecule has 0 aromatic rings. The van der Waals surface area contributed by atoms with Gasteiger partial charge < -0.3 is 33.8 Å². The van der Waals surface area contributed by atoms with Crippen LogP contribution in [-0.4, -0.2) is 96.7 Å². The molecule has 0 heterocycles. The lowest BCUT2D eigenvalue weighted by Gasteiger charge is -2.21. The van der Waals surface area contributed by atoms with Gasteiger partial charge in [0.2, 0.25) is 0 Å². The first-order valence-corrected chi connectivity index (χ1v) is 36.2. The van der Waals surface area contributed by atoms with Gasteiger partial charge in [0.25, 0.3) is 0 Å². The number of hydrogen-bond donors (Lipinski definition) is 3. The van der Waals surface area contributed by atoms with Gasteiger partial charge in [-0.05, 0) is 49.4 Å². The van der Waals surface area contributed by atoms with E-state index >= 15 is 0 Å². The van der Waals surface area contributed by atoms with Gasteiger partial charge in [-0.3, -0.25) is 37.3 Å². The van der Waals surface area contributed by atoms with Crippen molar-refractivity contribution in [3.8, 4) is 0 Å². The minimum absolute atomic E-state index is 0.100. The number of carbonyl (C=O) groups excluding carboxylic acids is 4. The van der Waals surface area contributed by atoms with Gasteiger partial charge in [-0.15, -0.1) is 0 Å². The van der Waals surface area contributed by atoms with Crippen LogP contribution in [0.25, 0.3) is 0 Å². The van der Waals surface area contributed by atoms with Crippen molar-refractivity contribution in [3.63, 3.8) is 0 Å². The monoisotopic (exact) mass is 1230 g/mol. The molecule has 0 saturated heterocycles. The Morgan fingerprint density at radius 1 is 0.337 bits per heavy atom. The first-order valence-electron chi connectivity index (χ1n) is 33.2. The van der Waals surface area contributed by atoms with E-state index in [4.69, 9.17) is 37.0 Å². The minimum atomic E-state index is -4.95. The molecule has 19 heteroatoms. The Bertz CT molecular complexity index is 1660. The van der Waals surface area contributed by atoms with E-state index in [0.29, 0.717) is 37.5 Å². The summed E-state index contributed by atoms with van der Waals surface area (Å²) in [5.74, 6) is 0.734. The molecule has 4 unspecified atom stereocenters. The Balaban J connectivity index is 5.25. The van der Waals surface area contributed by atoms with Crippen LogP contribution >= 0.6 is 15.6 Å². The lowest BCUT2D eigenvalue weighted by molar-refractivity contribution is -0.161. The third-order valence-corrected chi connectivity index (χ3v) is 16.8. The zero-order valence-electron chi connectivity index (χ0n) is 53.8. The lowest BCUT2D eigenvalue weighted by atomic mass is 9.99. The second-order valence-electron chi connectivity index (χ2n) is 24.8. The number of esters is 4. The molecule has 0 aliphatic rings. The fourth-order valence-electron chi connectivity index (χ4n) is 9.40. The lowest BCUT2D eigenvalue weighted by Crippen LogP contribution is -2.30. The van der Waals surface area contributed by atoms with Crippen molar-refractivity contribution in [2.75, 3.05) is 39.6 Å². The molecule has 0 aliphatic heterocycles. The second-order valence-corrected chi connectivity index (χ2v) is 27.7. The van der Waals surface area contributed by atoms with Crippen LogP contribution in [0.1, 0.15) is 306 Å². The van der Waals surface area contributed by atoms with Gasteiger partial charge in [-0.1, -0.05) is 254 Å². The Kier molecular flexibility index (Phi) is 53.0. The van der Waals surface area contributed by atoms with Gasteiger partial charge in [0.15, 0.2) is 12.2 Å². The molecule has 0 aromatic heterocycles. The topological polar surface area (TPSA) is 237 Å². The summed E-state index contributed by atoms with van der Waals surface area (Å²) in [6, 6.07) is 0. The number of aliphatic hydroxyl groups excluding tert-OH is 1. The first-order chi connectivity index (χ1) is 39.6. The highest BCUT2D eigenvalue weighted by atomic mass is 31.2. The number of rotatable bonds is 61. The van der Waals surface area contributed by atoms with E-state index in [0.717, 1.165) is 108 Å². The minimum Gasteiger partial charge on any atom is -0.462 e. The third kappa shape index (κ3) is 57.6. The molecule has 0 aliphatic carbocycles. The molecular formula is C64H124O17P2. The number of ether oxygens (including phenoxy) is 4. The largest absolute Gasteiger partial charge is 0.472 e. The van der Waals surface area contributed by atoms with Crippen molar-refractivity contribution in [2.24, 2.45) is 23.7 Å². The van der Waals surface area contributed by atoms with E-state index in [2.05, 4.69) is 55.4 Å². The molecule has 0 spiro atoms. The SMILES string of the molecule is CCC(C)CCCCCCCCCCCCC(=O)O[C@H](COC(=O)CCCCCCCCCCC(C)C)COP(=O)(O)OCC(O)COP(=O)(O)OC[C@@H](COC(=O)CCCCCCCCC(C)C)OC(=O)CCCCCCCCC(C)C. The van der Waals surface area contributed by atoms with Crippen molar-refractivity contribution < 1.29 is 80.2 Å². The number of hydrogen-bond acceptors (Lipinski definition) is 15. The highest BCUT2D eigenvalue weighted by molar-refractivity contribution is 7.47. The van der Waals surface area contributed by atoms with Crippen LogP contribution in [-0.2, 0) is 65.4 Å². The van der Waals surface area contributed by atoms with Gasteiger partial charge in [0.05, 0.1) is 26.4 Å². The molecule has 0 bridgehead atoms. The van der Waals surface area contributed by atoms with Crippen LogP contribution < -0.4 is 0 Å². The van der Waals surface area contributed by atoms with Gasteiger partial charge >= 0.3 is 39.5 Å². The Morgan fingerprint density at radius 3 is 0.855 bits per heavy atom. The summed E-state index contributed by atoms with van der Waals surface area (Å²) in [7, 11) is -9.89. The van der Waals surface area contributed by atoms with E-state index < -0.39 is 97.5 Å². The zero-order valence-corrected chi connectivity index (χ0v) is 55.6. The maximum absolute atomic E-state index is 13.0. The van der Waals surface area contributed by atoms with Crippen molar-refractivity contribution in [1.29, 1.82) is 0 Å². The number of phosphoric ester groups is 2. The van der Waals surface area contributed by atoms with Crippen LogP contribution in [0.4, 0.5) is 0 Å². The second kappa shape index (κ2) is 54.2. The predicted octanol–water partition coefficient (Wildman–Crippen LogP) is 17.4. The van der Waals surface area contributed by atoms with Crippen LogP contribution in [0, 0.1) is 23.7 Å². The maximum Gasteiger partial charge on any atom is 0.472 e. The summed E-state index contributed by atoms with van der Waals surface area (Å²) in [6.07, 6.45) is 33.7. The summed E-state index contributed by atoms with van der Waals surface area (Å²) in [4.78, 5) is 72.2. The third-order valence-electron chi connectivity index (χ3n) is 14.9. The summed E-state index contributed by atoms with van der Waals surface area (Å²) >= 11 is 0. The number of phosphoric acid groups is 2. The van der Waals surface area contributed by atoms with Gasteiger partial charge in [0.1, 0.15) is 19.3 Å². The average molecular weight is 1230 g/mol. The molecule has 3 N–H and O–H groups in total. The molecule has 492 valence electrons. The summed E-state index contributed by atoms with van der Waals surface area (Å²) in [5.41, 5.74) is 0. The number of unbranched alkanes of at least 4 members (excludes halogenated alkanes) is 26. The Morgan fingerprint density at radius 2 is 0.578 bits per heavy atom. The van der Waals surface area contributed by atoms with Gasteiger partial charge in [-0.25, -0.2) is 9.13 Å². The van der Waals surface area contributed by atoms with E-state index in [1.165, 1.54) is 103 Å². The molecule has 83 heavy (non-hydrogen) atoms. The fraction of sp³-hybridized carbons (Fsp3) is 0.938. The quantitative estimate of drug-likeness (QED) is 0.0222. The van der Waals surface area contributed by atoms with Crippen LogP contribution in [0.3, 0.4) is 0 Å². The molecule has 0 radical (unpaired) electrons. The molecule has 17 nitrogen and oxygen atoms in total. The number of carbonyl (C=O) groups is 4.